The Morgan fingerprint density at radius 1 is 1.17 bits per heavy atom. The smallest absolute Gasteiger partial charge is 0.307 e. The highest BCUT2D eigenvalue weighted by molar-refractivity contribution is 5.77. The van der Waals surface area contributed by atoms with Crippen LogP contribution in [0.5, 0.6) is 0 Å². The van der Waals surface area contributed by atoms with E-state index < -0.39 is 5.97 Å². The number of likely N-dealkylation sites (tertiary alicyclic amines) is 1. The van der Waals surface area contributed by atoms with E-state index in [4.69, 9.17) is 5.11 Å². The standard InChI is InChI=1S/C19H25NO3/c1-13-9-14(2)11-15(10-13)3-4-17(21)20-7-5-19(6-8-20)12-16(19)18(22)23/h9-11,16H,3-8,12H2,1-2H3,(H,22,23). The molecule has 1 aliphatic heterocycles. The third-order valence-corrected chi connectivity index (χ3v) is 5.51. The molecule has 0 bridgehead atoms. The largest absolute Gasteiger partial charge is 0.481 e. The molecule has 1 aromatic rings. The number of carbonyl (C=O) groups excluding carboxylic acids is 1. The number of carboxylic acid groups (broad SMARTS) is 1. The molecular formula is C19H25NO3. The van der Waals surface area contributed by atoms with Crippen LogP contribution >= 0.6 is 0 Å². The predicted molar refractivity (Wildman–Crippen MR) is 88.2 cm³/mol. The van der Waals surface area contributed by atoms with E-state index in [-0.39, 0.29) is 17.2 Å². The number of hydrogen-bond donors (Lipinski definition) is 1. The number of nitrogens with zero attached hydrogens (tertiary/aromatic N) is 1. The molecular weight excluding hydrogens is 290 g/mol. The number of aliphatic carboxylic acids is 1. The Labute approximate surface area is 137 Å². The summed E-state index contributed by atoms with van der Waals surface area (Å²) in [6, 6.07) is 6.43. The molecule has 1 spiro atoms. The molecule has 4 heteroatoms. The fraction of sp³-hybridized carbons (Fsp3) is 0.579. The highest BCUT2D eigenvalue weighted by atomic mass is 16.4. The van der Waals surface area contributed by atoms with Gasteiger partial charge < -0.3 is 10.0 Å². The maximum atomic E-state index is 12.4. The van der Waals surface area contributed by atoms with Crippen LogP contribution in [0.1, 0.15) is 42.4 Å². The van der Waals surface area contributed by atoms with Crippen molar-refractivity contribution in [1.29, 1.82) is 0 Å². The molecule has 1 saturated carbocycles. The maximum absolute atomic E-state index is 12.4. The summed E-state index contributed by atoms with van der Waals surface area (Å²) in [7, 11) is 0. The molecule has 1 unspecified atom stereocenters. The van der Waals surface area contributed by atoms with Gasteiger partial charge in [0, 0.05) is 19.5 Å². The minimum absolute atomic E-state index is 0.00370. The molecule has 2 fully saturated rings. The number of carbonyl (C=O) groups is 2. The molecule has 23 heavy (non-hydrogen) atoms. The van der Waals surface area contributed by atoms with Crippen LogP contribution in [0, 0.1) is 25.2 Å². The van der Waals surface area contributed by atoms with E-state index in [1.165, 1.54) is 16.7 Å². The van der Waals surface area contributed by atoms with Gasteiger partial charge >= 0.3 is 5.97 Å². The van der Waals surface area contributed by atoms with E-state index in [1.807, 2.05) is 4.90 Å². The van der Waals surface area contributed by atoms with Crippen LogP contribution in [0.15, 0.2) is 18.2 Å². The molecule has 4 nitrogen and oxygen atoms in total. The number of benzene rings is 1. The molecule has 1 saturated heterocycles. The van der Waals surface area contributed by atoms with E-state index in [1.54, 1.807) is 0 Å². The maximum Gasteiger partial charge on any atom is 0.307 e. The van der Waals surface area contributed by atoms with Crippen molar-refractivity contribution < 1.29 is 14.7 Å². The number of hydrogen-bond acceptors (Lipinski definition) is 2. The second kappa shape index (κ2) is 5.99. The fourth-order valence-corrected chi connectivity index (χ4v) is 4.07. The lowest BCUT2D eigenvalue weighted by atomic mass is 9.90. The highest BCUT2D eigenvalue weighted by Gasteiger charge is 2.59. The van der Waals surface area contributed by atoms with Crippen LogP contribution in [0.3, 0.4) is 0 Å². The zero-order valence-corrected chi connectivity index (χ0v) is 14.0. The predicted octanol–water partition coefficient (Wildman–Crippen LogP) is 2.95. The van der Waals surface area contributed by atoms with Gasteiger partial charge in [0.15, 0.2) is 0 Å². The lowest BCUT2D eigenvalue weighted by Crippen LogP contribution is -2.40. The molecule has 0 aromatic heterocycles. The van der Waals surface area contributed by atoms with E-state index in [2.05, 4.69) is 32.0 Å². The van der Waals surface area contributed by atoms with Gasteiger partial charge in [-0.05, 0) is 50.5 Å². The third-order valence-electron chi connectivity index (χ3n) is 5.51. The molecule has 1 atom stereocenters. The number of amides is 1. The van der Waals surface area contributed by atoms with E-state index in [9.17, 15) is 9.59 Å². The van der Waals surface area contributed by atoms with Crippen LogP contribution in [0.4, 0.5) is 0 Å². The van der Waals surface area contributed by atoms with Crippen molar-refractivity contribution in [2.24, 2.45) is 11.3 Å². The van der Waals surface area contributed by atoms with Crippen LogP contribution in [0.2, 0.25) is 0 Å². The van der Waals surface area contributed by atoms with Crippen molar-refractivity contribution in [3.05, 3.63) is 34.9 Å². The quantitative estimate of drug-likeness (QED) is 0.929. The summed E-state index contributed by atoms with van der Waals surface area (Å²) in [5.41, 5.74) is 3.69. The van der Waals surface area contributed by atoms with Gasteiger partial charge in [0.25, 0.3) is 0 Å². The monoisotopic (exact) mass is 315 g/mol. The van der Waals surface area contributed by atoms with E-state index >= 15 is 0 Å². The van der Waals surface area contributed by atoms with Crippen molar-refractivity contribution in [1.82, 2.24) is 4.90 Å². The molecule has 1 aromatic carbocycles. The van der Waals surface area contributed by atoms with Gasteiger partial charge in [-0.2, -0.15) is 0 Å². The summed E-state index contributed by atoms with van der Waals surface area (Å²) in [4.78, 5) is 25.4. The Morgan fingerprint density at radius 3 is 2.30 bits per heavy atom. The minimum atomic E-state index is -0.667. The van der Waals surface area contributed by atoms with Gasteiger partial charge in [-0.3, -0.25) is 9.59 Å². The summed E-state index contributed by atoms with van der Waals surface area (Å²) in [6.45, 7) is 5.60. The fourth-order valence-electron chi connectivity index (χ4n) is 4.07. The zero-order valence-electron chi connectivity index (χ0n) is 14.0. The van der Waals surface area contributed by atoms with Crippen molar-refractivity contribution in [3.63, 3.8) is 0 Å². The first-order valence-corrected chi connectivity index (χ1v) is 8.47. The van der Waals surface area contributed by atoms with Crippen LogP contribution < -0.4 is 0 Å². The Hall–Kier alpha value is -1.84. The van der Waals surface area contributed by atoms with Crippen LogP contribution in [0.25, 0.3) is 0 Å². The lowest BCUT2D eigenvalue weighted by molar-refractivity contribution is -0.139. The van der Waals surface area contributed by atoms with Crippen molar-refractivity contribution in [3.8, 4) is 0 Å². The molecule has 1 aliphatic carbocycles. The first kappa shape index (κ1) is 16.0. The molecule has 3 rings (SSSR count). The Kier molecular flexibility index (Phi) is 4.17. The molecule has 1 N–H and O–H groups in total. The summed E-state index contributed by atoms with van der Waals surface area (Å²) >= 11 is 0. The van der Waals surface area contributed by atoms with Gasteiger partial charge in [-0.15, -0.1) is 0 Å². The normalized spacial score (nSPS) is 22.2. The van der Waals surface area contributed by atoms with Gasteiger partial charge in [-0.25, -0.2) is 0 Å². The number of aryl methyl sites for hydroxylation is 3. The summed E-state index contributed by atoms with van der Waals surface area (Å²) in [5.74, 6) is -0.638. The van der Waals surface area contributed by atoms with Crippen LogP contribution in [-0.2, 0) is 16.0 Å². The number of carboxylic acids is 1. The zero-order chi connectivity index (χ0) is 16.6. The second-order valence-electron chi connectivity index (χ2n) is 7.33. The first-order valence-electron chi connectivity index (χ1n) is 8.47. The molecule has 2 aliphatic rings. The third kappa shape index (κ3) is 3.41. The average Bonchev–Trinajstić information content (AvgIpc) is 3.19. The van der Waals surface area contributed by atoms with Gasteiger partial charge in [0.1, 0.15) is 0 Å². The molecule has 1 amide bonds. The number of rotatable bonds is 4. The minimum Gasteiger partial charge on any atom is -0.481 e. The topological polar surface area (TPSA) is 57.6 Å². The summed E-state index contributed by atoms with van der Waals surface area (Å²) < 4.78 is 0. The summed E-state index contributed by atoms with van der Waals surface area (Å²) in [5, 5.41) is 9.12. The number of piperidine rings is 1. The van der Waals surface area contributed by atoms with E-state index in [0.717, 1.165) is 38.8 Å². The Morgan fingerprint density at radius 2 is 1.78 bits per heavy atom. The second-order valence-corrected chi connectivity index (χ2v) is 7.33. The molecule has 1 heterocycles. The Bertz CT molecular complexity index is 609. The summed E-state index contributed by atoms with van der Waals surface area (Å²) in [6.07, 6.45) is 3.81. The van der Waals surface area contributed by atoms with E-state index in [0.29, 0.717) is 6.42 Å². The first-order chi connectivity index (χ1) is 10.9. The SMILES string of the molecule is Cc1cc(C)cc(CCC(=O)N2CCC3(CC2)CC3C(=O)O)c1. The van der Waals surface area contributed by atoms with Crippen molar-refractivity contribution >= 4 is 11.9 Å². The highest BCUT2D eigenvalue weighted by Crippen LogP contribution is 2.59. The lowest BCUT2D eigenvalue weighted by Gasteiger charge is -2.32. The Balaban J connectivity index is 1.49. The van der Waals surface area contributed by atoms with Crippen LogP contribution in [-0.4, -0.2) is 35.0 Å². The van der Waals surface area contributed by atoms with Gasteiger partial charge in [0.2, 0.25) is 5.91 Å². The molecule has 124 valence electrons. The van der Waals surface area contributed by atoms with Crippen molar-refractivity contribution in [2.45, 2.75) is 46.0 Å². The van der Waals surface area contributed by atoms with Crippen molar-refractivity contribution in [2.75, 3.05) is 13.1 Å². The average molecular weight is 315 g/mol. The van der Waals surface area contributed by atoms with Gasteiger partial charge in [0.05, 0.1) is 5.92 Å². The van der Waals surface area contributed by atoms with Gasteiger partial charge in [-0.1, -0.05) is 29.3 Å². The molecule has 0 radical (unpaired) electrons.